The van der Waals surface area contributed by atoms with Crippen LogP contribution in [0.4, 0.5) is 10.2 Å². The van der Waals surface area contributed by atoms with Crippen molar-refractivity contribution in [3.63, 3.8) is 0 Å². The van der Waals surface area contributed by atoms with Crippen LogP contribution in [0.15, 0.2) is 33.3 Å². The summed E-state index contributed by atoms with van der Waals surface area (Å²) in [6.45, 7) is 0. The van der Waals surface area contributed by atoms with Crippen LogP contribution in [0.25, 0.3) is 11.4 Å². The Morgan fingerprint density at radius 1 is 1.24 bits per heavy atom. The molecule has 1 aromatic carbocycles. The summed E-state index contributed by atoms with van der Waals surface area (Å²) in [5.74, 6) is 0.806. The van der Waals surface area contributed by atoms with E-state index in [1.807, 2.05) is 0 Å². The molecule has 0 bridgehead atoms. The molecule has 0 aliphatic heterocycles. The number of hydrogen-bond acceptors (Lipinski definition) is 3. The fourth-order valence-electron chi connectivity index (χ4n) is 1.36. The van der Waals surface area contributed by atoms with Crippen LogP contribution in [0.3, 0.4) is 0 Å². The maximum absolute atomic E-state index is 13.3. The number of nitrogens with one attached hydrogen (secondary N) is 1. The molecule has 3 nitrogen and oxygen atoms in total. The molecule has 88 valence electrons. The van der Waals surface area contributed by atoms with Gasteiger partial charge in [0.1, 0.15) is 11.6 Å². The SMILES string of the molecule is CNc1nc(-c2cc(F)cc(Br)c2)ncc1Br. The summed E-state index contributed by atoms with van der Waals surface area (Å²) >= 11 is 6.56. The first kappa shape index (κ1) is 12.4. The van der Waals surface area contributed by atoms with Crippen molar-refractivity contribution in [2.75, 3.05) is 12.4 Å². The van der Waals surface area contributed by atoms with Crippen LogP contribution < -0.4 is 5.32 Å². The van der Waals surface area contributed by atoms with Gasteiger partial charge in [-0.3, -0.25) is 0 Å². The van der Waals surface area contributed by atoms with Crippen LogP contribution in [-0.2, 0) is 0 Å². The van der Waals surface area contributed by atoms with E-state index in [0.717, 1.165) is 4.47 Å². The van der Waals surface area contributed by atoms with Crippen LogP contribution in [-0.4, -0.2) is 17.0 Å². The van der Waals surface area contributed by atoms with Gasteiger partial charge < -0.3 is 5.32 Å². The Kier molecular flexibility index (Phi) is 3.73. The second-order valence-corrected chi connectivity index (χ2v) is 5.07. The lowest BCUT2D eigenvalue weighted by atomic mass is 10.2. The molecule has 1 aromatic heterocycles. The summed E-state index contributed by atoms with van der Waals surface area (Å²) in [6.07, 6.45) is 1.63. The topological polar surface area (TPSA) is 37.8 Å². The van der Waals surface area contributed by atoms with Crippen molar-refractivity contribution < 1.29 is 4.39 Å². The zero-order valence-corrected chi connectivity index (χ0v) is 12.0. The number of halogens is 3. The van der Waals surface area contributed by atoms with Gasteiger partial charge in [0, 0.05) is 23.3 Å². The van der Waals surface area contributed by atoms with E-state index in [-0.39, 0.29) is 5.82 Å². The van der Waals surface area contributed by atoms with Crippen molar-refractivity contribution in [1.82, 2.24) is 9.97 Å². The monoisotopic (exact) mass is 359 g/mol. The molecular weight excluding hydrogens is 353 g/mol. The van der Waals surface area contributed by atoms with E-state index in [4.69, 9.17) is 0 Å². The van der Waals surface area contributed by atoms with E-state index in [0.29, 0.717) is 21.7 Å². The van der Waals surface area contributed by atoms with E-state index >= 15 is 0 Å². The van der Waals surface area contributed by atoms with Crippen LogP contribution in [0.1, 0.15) is 0 Å². The number of aromatic nitrogens is 2. The third-order valence-corrected chi connectivity index (χ3v) is 3.14. The fraction of sp³-hybridized carbons (Fsp3) is 0.0909. The molecule has 0 atom stereocenters. The molecule has 0 radical (unpaired) electrons. The molecule has 0 saturated heterocycles. The predicted molar refractivity (Wildman–Crippen MR) is 72.4 cm³/mol. The lowest BCUT2D eigenvalue weighted by Crippen LogP contribution is -1.97. The highest BCUT2D eigenvalue weighted by Crippen LogP contribution is 2.25. The Morgan fingerprint density at radius 3 is 2.65 bits per heavy atom. The van der Waals surface area contributed by atoms with Crippen LogP contribution in [0, 0.1) is 5.82 Å². The molecule has 0 unspecified atom stereocenters. The average Bonchev–Trinajstić information content (AvgIpc) is 2.28. The second kappa shape index (κ2) is 5.10. The zero-order valence-electron chi connectivity index (χ0n) is 8.84. The second-order valence-electron chi connectivity index (χ2n) is 3.30. The van der Waals surface area contributed by atoms with Crippen molar-refractivity contribution in [2.24, 2.45) is 0 Å². The number of rotatable bonds is 2. The van der Waals surface area contributed by atoms with Crippen molar-refractivity contribution in [1.29, 1.82) is 0 Å². The van der Waals surface area contributed by atoms with Gasteiger partial charge in [-0.05, 0) is 34.1 Å². The summed E-state index contributed by atoms with van der Waals surface area (Å²) < 4.78 is 14.7. The zero-order chi connectivity index (χ0) is 12.4. The summed E-state index contributed by atoms with van der Waals surface area (Å²) in [7, 11) is 1.76. The number of benzene rings is 1. The van der Waals surface area contributed by atoms with E-state index in [2.05, 4.69) is 47.1 Å². The van der Waals surface area contributed by atoms with Gasteiger partial charge in [-0.2, -0.15) is 0 Å². The molecule has 0 amide bonds. The van der Waals surface area contributed by atoms with Gasteiger partial charge in [-0.15, -0.1) is 0 Å². The summed E-state index contributed by atoms with van der Waals surface area (Å²) in [4.78, 5) is 8.44. The average molecular weight is 361 g/mol. The van der Waals surface area contributed by atoms with Gasteiger partial charge in [0.25, 0.3) is 0 Å². The minimum absolute atomic E-state index is 0.327. The van der Waals surface area contributed by atoms with Gasteiger partial charge in [0.2, 0.25) is 0 Å². The largest absolute Gasteiger partial charge is 0.372 e. The molecule has 6 heteroatoms. The normalized spacial score (nSPS) is 10.4. The highest BCUT2D eigenvalue weighted by molar-refractivity contribution is 9.10. The minimum Gasteiger partial charge on any atom is -0.372 e. The fourth-order valence-corrected chi connectivity index (χ4v) is 2.22. The minimum atomic E-state index is -0.327. The van der Waals surface area contributed by atoms with Gasteiger partial charge in [0.15, 0.2) is 5.82 Å². The molecule has 1 N–H and O–H groups in total. The summed E-state index contributed by atoms with van der Waals surface area (Å²) in [6, 6.07) is 4.56. The summed E-state index contributed by atoms with van der Waals surface area (Å²) in [5.41, 5.74) is 0.626. The molecule has 0 aliphatic rings. The maximum Gasteiger partial charge on any atom is 0.161 e. The van der Waals surface area contributed by atoms with E-state index < -0.39 is 0 Å². The first-order chi connectivity index (χ1) is 8.10. The number of hydrogen-bond donors (Lipinski definition) is 1. The smallest absolute Gasteiger partial charge is 0.161 e. The first-order valence-electron chi connectivity index (χ1n) is 4.77. The standard InChI is InChI=1S/C11H8Br2FN3/c1-15-11-9(13)5-16-10(17-11)6-2-7(12)4-8(14)3-6/h2-5H,1H3,(H,15,16,17). The Hall–Kier alpha value is -1.01. The predicted octanol–water partition coefficient (Wildman–Crippen LogP) is 3.85. The Bertz CT molecular complexity index is 540. The molecule has 0 spiro atoms. The quantitative estimate of drug-likeness (QED) is 0.883. The number of anilines is 1. The molecule has 0 aliphatic carbocycles. The molecule has 0 fully saturated rings. The van der Waals surface area contributed by atoms with Crippen LogP contribution in [0.2, 0.25) is 0 Å². The molecule has 1 heterocycles. The van der Waals surface area contributed by atoms with Crippen molar-refractivity contribution in [2.45, 2.75) is 0 Å². The van der Waals surface area contributed by atoms with Gasteiger partial charge in [0.05, 0.1) is 4.47 Å². The van der Waals surface area contributed by atoms with Crippen molar-refractivity contribution in [3.8, 4) is 11.4 Å². The number of nitrogens with zero attached hydrogens (tertiary/aromatic N) is 2. The third kappa shape index (κ3) is 2.81. The van der Waals surface area contributed by atoms with Gasteiger partial charge in [-0.1, -0.05) is 15.9 Å². The Labute approximate surface area is 115 Å². The molecular formula is C11H8Br2FN3. The molecule has 0 saturated carbocycles. The lowest BCUT2D eigenvalue weighted by Gasteiger charge is -2.06. The Balaban J connectivity index is 2.52. The molecule has 2 aromatic rings. The van der Waals surface area contributed by atoms with E-state index in [1.54, 1.807) is 19.3 Å². The first-order valence-corrected chi connectivity index (χ1v) is 6.35. The third-order valence-electron chi connectivity index (χ3n) is 2.10. The van der Waals surface area contributed by atoms with Crippen molar-refractivity contribution in [3.05, 3.63) is 39.2 Å². The van der Waals surface area contributed by atoms with Crippen LogP contribution in [0.5, 0.6) is 0 Å². The van der Waals surface area contributed by atoms with E-state index in [9.17, 15) is 4.39 Å². The van der Waals surface area contributed by atoms with E-state index in [1.165, 1.54) is 12.1 Å². The lowest BCUT2D eigenvalue weighted by molar-refractivity contribution is 0.627. The Morgan fingerprint density at radius 2 is 2.00 bits per heavy atom. The highest BCUT2D eigenvalue weighted by atomic mass is 79.9. The van der Waals surface area contributed by atoms with Crippen LogP contribution >= 0.6 is 31.9 Å². The van der Waals surface area contributed by atoms with Crippen molar-refractivity contribution >= 4 is 37.7 Å². The highest BCUT2D eigenvalue weighted by Gasteiger charge is 2.07. The maximum atomic E-state index is 13.3. The molecule has 2 rings (SSSR count). The molecule has 17 heavy (non-hydrogen) atoms. The van der Waals surface area contributed by atoms with Gasteiger partial charge in [-0.25, -0.2) is 14.4 Å². The summed E-state index contributed by atoms with van der Waals surface area (Å²) in [5, 5.41) is 2.93. The van der Waals surface area contributed by atoms with Gasteiger partial charge >= 0.3 is 0 Å².